The highest BCUT2D eigenvalue weighted by molar-refractivity contribution is 5.36. The van der Waals surface area contributed by atoms with Crippen LogP contribution in [0.5, 0.6) is 0 Å². The topological polar surface area (TPSA) is 69.2 Å². The lowest BCUT2D eigenvalue weighted by Gasteiger charge is -2.49. The number of hydrogen-bond donors (Lipinski definition) is 1. The third kappa shape index (κ3) is 4.65. The van der Waals surface area contributed by atoms with Gasteiger partial charge in [0.05, 0.1) is 23.9 Å². The fourth-order valence-corrected chi connectivity index (χ4v) is 8.83. The largest absolute Gasteiger partial charge is 0.393 e. The second-order valence-electron chi connectivity index (χ2n) is 14.4. The zero-order valence-corrected chi connectivity index (χ0v) is 26.3. The molecule has 42 heavy (non-hydrogen) atoms. The molecule has 2 heterocycles. The summed E-state index contributed by atoms with van der Waals surface area (Å²) in [7, 11) is 0. The Morgan fingerprint density at radius 2 is 1.67 bits per heavy atom. The highest BCUT2D eigenvalue weighted by atomic mass is 16.3. The van der Waals surface area contributed by atoms with Crippen molar-refractivity contribution in [2.24, 2.45) is 35.0 Å². The lowest BCUT2D eigenvalue weighted by Crippen LogP contribution is -2.46. The molecule has 3 unspecified atom stereocenters. The van der Waals surface area contributed by atoms with Gasteiger partial charge in [-0.2, -0.15) is 0 Å². The SMILES string of the molecule is CC1=C(C2C=C3C(CC[C@@]4(C)C3CC[C@@H]4[C@H](C)/C=C/[C@H](C)C(C)C)n3c(=O)n(-c4ccccc4)c(=O)n32)C[C@@H](O)CC1. The summed E-state index contributed by atoms with van der Waals surface area (Å²) < 4.78 is 4.89. The molecular formula is C36H49N3O3. The van der Waals surface area contributed by atoms with Crippen molar-refractivity contribution in [1.82, 2.24) is 13.9 Å². The van der Waals surface area contributed by atoms with Crippen molar-refractivity contribution < 1.29 is 5.11 Å². The lowest BCUT2D eigenvalue weighted by atomic mass is 9.59. The number of benzene rings is 1. The zero-order chi connectivity index (χ0) is 29.9. The van der Waals surface area contributed by atoms with E-state index in [1.54, 1.807) is 9.36 Å². The van der Waals surface area contributed by atoms with Crippen LogP contribution in [0.1, 0.15) is 98.6 Å². The van der Waals surface area contributed by atoms with Crippen molar-refractivity contribution >= 4 is 0 Å². The number of para-hydroxylation sites is 1. The molecule has 0 bridgehead atoms. The summed E-state index contributed by atoms with van der Waals surface area (Å²) in [4.78, 5) is 28.4. The first-order valence-corrected chi connectivity index (χ1v) is 16.3. The molecule has 8 atom stereocenters. The van der Waals surface area contributed by atoms with Crippen LogP contribution in [-0.2, 0) is 0 Å². The van der Waals surface area contributed by atoms with E-state index in [-0.39, 0.29) is 28.9 Å². The molecule has 0 amide bonds. The average Bonchev–Trinajstić information content (AvgIpc) is 3.46. The van der Waals surface area contributed by atoms with Crippen molar-refractivity contribution in [2.75, 3.05) is 0 Å². The van der Waals surface area contributed by atoms with Crippen LogP contribution in [0.25, 0.3) is 5.69 Å². The fourth-order valence-electron chi connectivity index (χ4n) is 8.83. The molecular weight excluding hydrogens is 522 g/mol. The molecule has 226 valence electrons. The van der Waals surface area contributed by atoms with Gasteiger partial charge in [0.1, 0.15) is 0 Å². The maximum absolute atomic E-state index is 14.2. The Labute approximate surface area is 250 Å². The van der Waals surface area contributed by atoms with Crippen molar-refractivity contribution in [3.8, 4) is 5.69 Å². The van der Waals surface area contributed by atoms with Crippen molar-refractivity contribution in [3.63, 3.8) is 0 Å². The van der Waals surface area contributed by atoms with E-state index < -0.39 is 6.10 Å². The number of rotatable bonds is 6. The van der Waals surface area contributed by atoms with E-state index >= 15 is 0 Å². The summed E-state index contributed by atoms with van der Waals surface area (Å²) in [5, 5.41) is 10.7. The molecule has 0 radical (unpaired) electrons. The number of aromatic nitrogens is 3. The molecule has 3 aliphatic carbocycles. The monoisotopic (exact) mass is 571 g/mol. The molecule has 1 aromatic heterocycles. The van der Waals surface area contributed by atoms with E-state index in [2.05, 4.69) is 59.8 Å². The third-order valence-electron chi connectivity index (χ3n) is 11.7. The van der Waals surface area contributed by atoms with Crippen LogP contribution in [-0.4, -0.2) is 25.1 Å². The third-order valence-corrected chi connectivity index (χ3v) is 11.7. The van der Waals surface area contributed by atoms with Gasteiger partial charge in [0.25, 0.3) is 0 Å². The van der Waals surface area contributed by atoms with Crippen molar-refractivity contribution in [3.05, 3.63) is 86.2 Å². The summed E-state index contributed by atoms with van der Waals surface area (Å²) in [5.74, 6) is 2.67. The van der Waals surface area contributed by atoms with Crippen LogP contribution in [0.2, 0.25) is 0 Å². The number of nitrogens with zero attached hydrogens (tertiary/aromatic N) is 3. The van der Waals surface area contributed by atoms with Gasteiger partial charge in [-0.05, 0) is 110 Å². The Balaban J connectivity index is 1.45. The standard InChI is InChI=1S/C36H49N3O3/c1-22(2)23(3)12-13-25(5)30-16-17-31-29-21-33(28-20-27(40)15-14-24(28)4)39-35(42)37(26-10-8-7-9-11-26)34(41)38(39)32(29)18-19-36(30,31)6/h7-13,21-23,25,27,30-33,40H,14-20H2,1-6H3/b13-12+/t23-,25+,27-,30+,31?,32?,33?,36+/m0/s1. The molecule has 6 heteroatoms. The average molecular weight is 572 g/mol. The summed E-state index contributed by atoms with van der Waals surface area (Å²) in [5.41, 5.74) is 3.90. The summed E-state index contributed by atoms with van der Waals surface area (Å²) >= 11 is 0. The van der Waals surface area contributed by atoms with Gasteiger partial charge in [-0.15, -0.1) is 0 Å². The Kier molecular flexibility index (Phi) is 7.66. The predicted molar refractivity (Wildman–Crippen MR) is 169 cm³/mol. The van der Waals surface area contributed by atoms with Gasteiger partial charge in [-0.25, -0.2) is 23.5 Å². The van der Waals surface area contributed by atoms with Gasteiger partial charge in [-0.3, -0.25) is 0 Å². The van der Waals surface area contributed by atoms with Crippen LogP contribution in [0.15, 0.2) is 74.9 Å². The maximum Gasteiger partial charge on any atom is 0.352 e. The van der Waals surface area contributed by atoms with Crippen molar-refractivity contribution in [1.29, 1.82) is 0 Å². The van der Waals surface area contributed by atoms with E-state index in [1.165, 1.54) is 22.1 Å². The molecule has 4 aliphatic rings. The predicted octanol–water partition coefficient (Wildman–Crippen LogP) is 6.99. The van der Waals surface area contributed by atoms with Crippen LogP contribution in [0, 0.1) is 35.0 Å². The smallest absolute Gasteiger partial charge is 0.352 e. The van der Waals surface area contributed by atoms with Crippen LogP contribution in [0.3, 0.4) is 0 Å². The van der Waals surface area contributed by atoms with E-state index in [1.807, 2.05) is 30.3 Å². The molecule has 1 N–H and O–H groups in total. The molecule has 1 aliphatic heterocycles. The maximum atomic E-state index is 14.2. The number of aliphatic hydroxyl groups excluding tert-OH is 1. The first-order valence-electron chi connectivity index (χ1n) is 16.3. The van der Waals surface area contributed by atoms with Gasteiger partial charge in [-0.1, -0.05) is 76.6 Å². The van der Waals surface area contributed by atoms with E-state index in [0.29, 0.717) is 41.7 Å². The molecule has 0 saturated heterocycles. The number of allylic oxidation sites excluding steroid dienone is 5. The Bertz CT molecular complexity index is 1540. The molecule has 1 aromatic carbocycles. The number of aliphatic hydroxyl groups is 1. The van der Waals surface area contributed by atoms with Gasteiger partial charge in [0.2, 0.25) is 0 Å². The van der Waals surface area contributed by atoms with Crippen LogP contribution in [0.4, 0.5) is 0 Å². The molecule has 6 nitrogen and oxygen atoms in total. The molecule has 2 aromatic rings. The van der Waals surface area contributed by atoms with Crippen LogP contribution >= 0.6 is 0 Å². The number of fused-ring (bicyclic) bond motifs is 5. The lowest BCUT2D eigenvalue weighted by molar-refractivity contribution is 0.0840. The number of hydrogen-bond acceptors (Lipinski definition) is 3. The van der Waals surface area contributed by atoms with E-state index in [0.717, 1.165) is 37.7 Å². The molecule has 2 saturated carbocycles. The quantitative estimate of drug-likeness (QED) is 0.380. The Hall–Kier alpha value is -2.86. The molecule has 0 spiro atoms. The minimum absolute atomic E-state index is 0.107. The van der Waals surface area contributed by atoms with E-state index in [9.17, 15) is 14.7 Å². The van der Waals surface area contributed by atoms with E-state index in [4.69, 9.17) is 0 Å². The minimum Gasteiger partial charge on any atom is -0.393 e. The minimum atomic E-state index is -0.416. The normalized spacial score (nSPS) is 32.5. The molecule has 6 rings (SSSR count). The Morgan fingerprint density at radius 3 is 2.38 bits per heavy atom. The fraction of sp³-hybridized carbons (Fsp3) is 0.611. The van der Waals surface area contributed by atoms with Crippen molar-refractivity contribution in [2.45, 2.75) is 105 Å². The highest BCUT2D eigenvalue weighted by Crippen LogP contribution is 2.62. The first-order chi connectivity index (χ1) is 20.0. The van der Waals surface area contributed by atoms with Gasteiger partial charge in [0.15, 0.2) is 0 Å². The van der Waals surface area contributed by atoms with Crippen LogP contribution < -0.4 is 11.4 Å². The summed E-state index contributed by atoms with van der Waals surface area (Å²) in [6.07, 6.45) is 13.1. The Morgan fingerprint density at radius 1 is 0.952 bits per heavy atom. The first kappa shape index (κ1) is 29.2. The second kappa shape index (κ2) is 11.0. The van der Waals surface area contributed by atoms with Gasteiger partial charge in [0, 0.05) is 0 Å². The second-order valence-corrected chi connectivity index (χ2v) is 14.4. The zero-order valence-electron chi connectivity index (χ0n) is 26.3. The summed E-state index contributed by atoms with van der Waals surface area (Å²) in [6.45, 7) is 13.9. The highest BCUT2D eigenvalue weighted by Gasteiger charge is 2.55. The van der Waals surface area contributed by atoms with Gasteiger partial charge < -0.3 is 5.11 Å². The molecule has 2 fully saturated rings. The summed E-state index contributed by atoms with van der Waals surface area (Å²) in [6, 6.07) is 8.86. The van der Waals surface area contributed by atoms with Gasteiger partial charge >= 0.3 is 11.4 Å².